The standard InChI is InChI=1S/C11H16O5S/c1-3-4-5-17(14,15)7-9-6-10(11(12)13)8(2)16-9/h6H,3-5,7H2,1-2H3,(H,12,13). The maximum atomic E-state index is 11.6. The SMILES string of the molecule is CCCCS(=O)(=O)Cc1cc(C(=O)O)c(C)o1. The van der Waals surface area contributed by atoms with Crippen LogP contribution < -0.4 is 0 Å². The first-order chi connectivity index (χ1) is 7.85. The number of carbonyl (C=O) groups is 1. The summed E-state index contributed by atoms with van der Waals surface area (Å²) in [5.41, 5.74) is 0.0192. The first-order valence-electron chi connectivity index (χ1n) is 5.38. The average molecular weight is 260 g/mol. The maximum Gasteiger partial charge on any atom is 0.339 e. The molecule has 1 N–H and O–H groups in total. The van der Waals surface area contributed by atoms with Crippen molar-refractivity contribution in [2.45, 2.75) is 32.4 Å². The van der Waals surface area contributed by atoms with Gasteiger partial charge in [0.1, 0.15) is 22.8 Å². The fourth-order valence-corrected chi connectivity index (χ4v) is 2.93. The van der Waals surface area contributed by atoms with Gasteiger partial charge in [-0.1, -0.05) is 13.3 Å². The number of hydrogen-bond acceptors (Lipinski definition) is 4. The molecule has 0 aromatic carbocycles. The minimum absolute atomic E-state index is 0.0192. The lowest BCUT2D eigenvalue weighted by Crippen LogP contribution is -2.08. The van der Waals surface area contributed by atoms with Crippen molar-refractivity contribution in [2.24, 2.45) is 0 Å². The van der Waals surface area contributed by atoms with Gasteiger partial charge in [-0.15, -0.1) is 0 Å². The first kappa shape index (κ1) is 13.8. The first-order valence-corrected chi connectivity index (χ1v) is 7.21. The summed E-state index contributed by atoms with van der Waals surface area (Å²) >= 11 is 0. The Morgan fingerprint density at radius 2 is 2.12 bits per heavy atom. The molecule has 17 heavy (non-hydrogen) atoms. The minimum atomic E-state index is -3.21. The number of rotatable bonds is 6. The molecule has 1 aromatic rings. The van der Waals surface area contributed by atoms with Crippen LogP contribution in [0.5, 0.6) is 0 Å². The highest BCUT2D eigenvalue weighted by atomic mass is 32.2. The molecule has 1 aromatic heterocycles. The van der Waals surface area contributed by atoms with Crippen molar-refractivity contribution >= 4 is 15.8 Å². The molecule has 96 valence electrons. The molecule has 0 aliphatic carbocycles. The minimum Gasteiger partial charge on any atom is -0.478 e. The predicted octanol–water partition coefficient (Wildman–Crippen LogP) is 2.00. The van der Waals surface area contributed by atoms with Gasteiger partial charge in [-0.05, 0) is 19.4 Å². The number of carboxylic acid groups (broad SMARTS) is 1. The summed E-state index contributed by atoms with van der Waals surface area (Å²) in [7, 11) is -3.21. The average Bonchev–Trinajstić information content (AvgIpc) is 2.55. The fraction of sp³-hybridized carbons (Fsp3) is 0.545. The Hall–Kier alpha value is -1.30. The molecule has 0 atom stereocenters. The quantitative estimate of drug-likeness (QED) is 0.845. The van der Waals surface area contributed by atoms with E-state index in [1.807, 2.05) is 6.92 Å². The van der Waals surface area contributed by atoms with Crippen LogP contribution in [-0.2, 0) is 15.6 Å². The zero-order valence-electron chi connectivity index (χ0n) is 9.89. The van der Waals surface area contributed by atoms with Gasteiger partial charge in [0.25, 0.3) is 0 Å². The second kappa shape index (κ2) is 5.35. The van der Waals surface area contributed by atoms with Gasteiger partial charge in [0, 0.05) is 0 Å². The monoisotopic (exact) mass is 260 g/mol. The van der Waals surface area contributed by atoms with E-state index in [0.717, 1.165) is 6.42 Å². The third-order valence-corrected chi connectivity index (χ3v) is 4.01. The summed E-state index contributed by atoms with van der Waals surface area (Å²) in [4.78, 5) is 10.8. The number of carboxylic acids is 1. The molecule has 0 amide bonds. The molecule has 0 fully saturated rings. The summed E-state index contributed by atoms with van der Waals surface area (Å²) < 4.78 is 28.4. The lowest BCUT2D eigenvalue weighted by molar-refractivity contribution is 0.0695. The van der Waals surface area contributed by atoms with E-state index in [0.29, 0.717) is 6.42 Å². The number of hydrogen-bond donors (Lipinski definition) is 1. The Morgan fingerprint density at radius 1 is 1.47 bits per heavy atom. The van der Waals surface area contributed by atoms with Gasteiger partial charge in [0.15, 0.2) is 9.84 Å². The summed E-state index contributed by atoms with van der Waals surface area (Å²) in [5.74, 6) is -0.815. The maximum absolute atomic E-state index is 11.6. The summed E-state index contributed by atoms with van der Waals surface area (Å²) in [5, 5.41) is 8.81. The molecule has 0 bridgehead atoms. The number of sulfone groups is 1. The molecule has 1 heterocycles. The summed E-state index contributed by atoms with van der Waals surface area (Å²) in [6.07, 6.45) is 1.41. The Balaban J connectivity index is 2.82. The van der Waals surface area contributed by atoms with Crippen molar-refractivity contribution < 1.29 is 22.7 Å². The van der Waals surface area contributed by atoms with E-state index >= 15 is 0 Å². The molecule has 0 aliphatic heterocycles. The molecule has 0 saturated heterocycles. The molecule has 6 heteroatoms. The van der Waals surface area contributed by atoms with Crippen LogP contribution in [0.4, 0.5) is 0 Å². The molecule has 0 aliphatic rings. The van der Waals surface area contributed by atoms with Crippen molar-refractivity contribution in [2.75, 3.05) is 5.75 Å². The molecule has 1 rings (SSSR count). The van der Waals surface area contributed by atoms with Crippen LogP contribution in [0.2, 0.25) is 0 Å². The Morgan fingerprint density at radius 3 is 2.59 bits per heavy atom. The van der Waals surface area contributed by atoms with Crippen molar-refractivity contribution in [3.8, 4) is 0 Å². The number of aromatic carboxylic acids is 1. The smallest absolute Gasteiger partial charge is 0.339 e. The van der Waals surface area contributed by atoms with E-state index in [1.165, 1.54) is 13.0 Å². The highest BCUT2D eigenvalue weighted by Gasteiger charge is 2.18. The molecule has 0 spiro atoms. The van der Waals surface area contributed by atoms with Crippen LogP contribution in [0.1, 0.15) is 41.6 Å². The molecular weight excluding hydrogens is 244 g/mol. The fourth-order valence-electron chi connectivity index (χ4n) is 1.48. The van der Waals surface area contributed by atoms with Crippen LogP contribution in [-0.4, -0.2) is 25.2 Å². The zero-order chi connectivity index (χ0) is 13.1. The number of furan rings is 1. The van der Waals surface area contributed by atoms with Crippen LogP contribution in [0.15, 0.2) is 10.5 Å². The van der Waals surface area contributed by atoms with Gasteiger partial charge < -0.3 is 9.52 Å². The van der Waals surface area contributed by atoms with Gasteiger partial charge in [0.2, 0.25) is 0 Å². The molecule has 0 saturated carbocycles. The molecular formula is C11H16O5S. The van der Waals surface area contributed by atoms with Crippen molar-refractivity contribution in [1.82, 2.24) is 0 Å². The lowest BCUT2D eigenvalue weighted by Gasteiger charge is -2.00. The second-order valence-electron chi connectivity index (χ2n) is 3.93. The van der Waals surface area contributed by atoms with Crippen LogP contribution in [0.3, 0.4) is 0 Å². The number of unbranched alkanes of at least 4 members (excludes halogenated alkanes) is 1. The number of aryl methyl sites for hydroxylation is 1. The normalized spacial score (nSPS) is 11.6. The van der Waals surface area contributed by atoms with Gasteiger partial charge >= 0.3 is 5.97 Å². The van der Waals surface area contributed by atoms with Gasteiger partial charge in [-0.25, -0.2) is 13.2 Å². The Labute approximate surface area is 100 Å². The highest BCUT2D eigenvalue weighted by molar-refractivity contribution is 7.90. The topological polar surface area (TPSA) is 84.6 Å². The van der Waals surface area contributed by atoms with E-state index in [-0.39, 0.29) is 28.6 Å². The Kier molecular flexibility index (Phi) is 4.34. The van der Waals surface area contributed by atoms with E-state index in [1.54, 1.807) is 0 Å². The van der Waals surface area contributed by atoms with Gasteiger partial charge in [-0.2, -0.15) is 0 Å². The third-order valence-electron chi connectivity index (χ3n) is 2.37. The largest absolute Gasteiger partial charge is 0.478 e. The summed E-state index contributed by atoms with van der Waals surface area (Å²) in [6.45, 7) is 3.42. The van der Waals surface area contributed by atoms with Crippen LogP contribution in [0.25, 0.3) is 0 Å². The lowest BCUT2D eigenvalue weighted by atomic mass is 10.2. The van der Waals surface area contributed by atoms with E-state index in [4.69, 9.17) is 9.52 Å². The highest BCUT2D eigenvalue weighted by Crippen LogP contribution is 2.17. The predicted molar refractivity (Wildman–Crippen MR) is 62.8 cm³/mol. The van der Waals surface area contributed by atoms with Crippen LogP contribution in [0, 0.1) is 6.92 Å². The molecule has 5 nitrogen and oxygen atoms in total. The Bertz CT molecular complexity index is 498. The van der Waals surface area contributed by atoms with Crippen LogP contribution >= 0.6 is 0 Å². The van der Waals surface area contributed by atoms with E-state index < -0.39 is 15.8 Å². The molecule has 0 radical (unpaired) electrons. The zero-order valence-corrected chi connectivity index (χ0v) is 10.7. The second-order valence-corrected chi connectivity index (χ2v) is 6.12. The van der Waals surface area contributed by atoms with Crippen molar-refractivity contribution in [3.63, 3.8) is 0 Å². The third kappa shape index (κ3) is 3.89. The van der Waals surface area contributed by atoms with Crippen molar-refractivity contribution in [1.29, 1.82) is 0 Å². The van der Waals surface area contributed by atoms with E-state index in [9.17, 15) is 13.2 Å². The summed E-state index contributed by atoms with van der Waals surface area (Å²) in [6, 6.07) is 1.28. The molecule has 0 unspecified atom stereocenters. The van der Waals surface area contributed by atoms with Gasteiger partial charge in [-0.3, -0.25) is 0 Å². The van der Waals surface area contributed by atoms with E-state index in [2.05, 4.69) is 0 Å². The van der Waals surface area contributed by atoms with Crippen molar-refractivity contribution in [3.05, 3.63) is 23.2 Å². The van der Waals surface area contributed by atoms with Gasteiger partial charge in [0.05, 0.1) is 5.75 Å².